The van der Waals surface area contributed by atoms with Gasteiger partial charge in [-0.1, -0.05) is 53.2 Å². The van der Waals surface area contributed by atoms with Gasteiger partial charge in [0.05, 0.1) is 18.2 Å². The van der Waals surface area contributed by atoms with E-state index in [0.29, 0.717) is 46.8 Å². The van der Waals surface area contributed by atoms with E-state index in [-0.39, 0.29) is 23.5 Å². The van der Waals surface area contributed by atoms with Crippen LogP contribution in [-0.4, -0.2) is 63.2 Å². The fourth-order valence-corrected chi connectivity index (χ4v) is 15.0. The molecule has 5 fully saturated rings. The van der Waals surface area contributed by atoms with Crippen LogP contribution in [0.15, 0.2) is 23.3 Å². The molecule has 0 radical (unpaired) electrons. The average molecular weight is 643 g/mol. The molecule has 1 saturated heterocycles. The van der Waals surface area contributed by atoms with Crippen LogP contribution in [0.5, 0.6) is 0 Å². The van der Waals surface area contributed by atoms with Crippen molar-refractivity contribution >= 4 is 9.84 Å². The minimum absolute atomic E-state index is 0.169. The molecule has 0 bridgehead atoms. The fraction of sp³-hybridized carbons (Fsp3) is 0.897. The van der Waals surface area contributed by atoms with Crippen molar-refractivity contribution in [3.8, 4) is 0 Å². The number of halogens is 1. The number of alkyl halides is 1. The van der Waals surface area contributed by atoms with Gasteiger partial charge in [0.2, 0.25) is 0 Å². The molecule has 6 heteroatoms. The minimum Gasteiger partial charge on any atom is -0.310 e. The number of allylic oxidation sites excluding steroid dienone is 4. The van der Waals surface area contributed by atoms with Crippen LogP contribution in [0.2, 0.25) is 0 Å². The maximum absolute atomic E-state index is 13.4. The molecule has 6 aliphatic carbocycles. The lowest BCUT2D eigenvalue weighted by atomic mass is 9.33. The predicted octanol–water partition coefficient (Wildman–Crippen LogP) is 8.15. The van der Waals surface area contributed by atoms with Crippen LogP contribution in [0.3, 0.4) is 0 Å². The lowest BCUT2D eigenvalue weighted by Crippen LogP contribution is -2.67. The molecule has 7 rings (SSSR count). The highest BCUT2D eigenvalue weighted by Crippen LogP contribution is 2.76. The third-order valence-corrected chi connectivity index (χ3v) is 18.0. The summed E-state index contributed by atoms with van der Waals surface area (Å²) in [6.07, 6.45) is 21.5. The van der Waals surface area contributed by atoms with Gasteiger partial charge < -0.3 is 10.2 Å². The zero-order valence-electron chi connectivity index (χ0n) is 29.2. The molecule has 1 heterocycles. The lowest BCUT2D eigenvalue weighted by Gasteiger charge is -2.72. The molecule has 7 unspecified atom stereocenters. The van der Waals surface area contributed by atoms with Crippen molar-refractivity contribution in [2.75, 3.05) is 44.4 Å². The van der Waals surface area contributed by atoms with E-state index in [1.165, 1.54) is 64.2 Å². The number of fused-ring (bicyclic) bond motifs is 7. The number of hydrogen-bond acceptors (Lipinski definition) is 4. The van der Waals surface area contributed by atoms with E-state index < -0.39 is 9.84 Å². The monoisotopic (exact) mass is 642 g/mol. The smallest absolute Gasteiger partial charge is 0.152 e. The molecule has 0 spiro atoms. The minimum atomic E-state index is -2.82. The van der Waals surface area contributed by atoms with Gasteiger partial charge in [-0.3, -0.25) is 4.39 Å². The standard InChI is InChI=1S/C39H63FN2O2S/c1-35(2)30(29-10-8-28(27-40)9-11-29)14-17-36(3)33(35)15-18-38(5)34(36)13-12-31-32-7-6-16-39(32,20-19-37(31,38)4)41-21-22-42-23-25-45(43,44)26-24-42/h10,14,28,31-34,41H,6-9,11-13,15-27H2,1-5H3/t28?,31?,32?,33?,34?,36?,37-,38-,39?/m1/s1. The van der Waals surface area contributed by atoms with E-state index >= 15 is 0 Å². The van der Waals surface area contributed by atoms with Gasteiger partial charge in [0.25, 0.3) is 0 Å². The first-order valence-electron chi connectivity index (χ1n) is 18.9. The molecule has 1 aliphatic heterocycles. The second-order valence-corrected chi connectivity index (χ2v) is 20.6. The molecular formula is C39H63FN2O2S. The highest BCUT2D eigenvalue weighted by atomic mass is 32.2. The van der Waals surface area contributed by atoms with Gasteiger partial charge in [0.1, 0.15) is 0 Å². The first kappa shape index (κ1) is 32.8. The Balaban J connectivity index is 1.09. The van der Waals surface area contributed by atoms with E-state index in [2.05, 4.69) is 57.0 Å². The Morgan fingerprint density at radius 2 is 1.64 bits per heavy atom. The predicted molar refractivity (Wildman–Crippen MR) is 184 cm³/mol. The SMILES string of the molecule is CC1(C)C(C2=CCC(CF)CC2)=CCC2(C)C1CC[C@]1(C)C2CCC2C3CCCC3(NCCN3CCS(=O)(=O)CC3)CC[C@]21C. The normalized spacial score (nSPS) is 47.5. The first-order valence-corrected chi connectivity index (χ1v) is 20.7. The third-order valence-electron chi connectivity index (χ3n) is 16.4. The number of rotatable bonds is 6. The van der Waals surface area contributed by atoms with Gasteiger partial charge in [-0.15, -0.1) is 0 Å². The average Bonchev–Trinajstić information content (AvgIpc) is 3.42. The molecule has 9 atom stereocenters. The Morgan fingerprint density at radius 1 is 0.867 bits per heavy atom. The number of hydrogen-bond donors (Lipinski definition) is 1. The van der Waals surface area contributed by atoms with Crippen LogP contribution in [0.1, 0.15) is 118 Å². The Labute approximate surface area is 274 Å². The summed E-state index contributed by atoms with van der Waals surface area (Å²) in [7, 11) is -2.82. The third kappa shape index (κ3) is 5.10. The molecule has 0 amide bonds. The molecule has 1 N–H and O–H groups in total. The summed E-state index contributed by atoms with van der Waals surface area (Å²) in [6, 6.07) is 0. The highest BCUT2D eigenvalue weighted by molar-refractivity contribution is 7.91. The largest absolute Gasteiger partial charge is 0.310 e. The van der Waals surface area contributed by atoms with Crippen LogP contribution < -0.4 is 5.32 Å². The zero-order valence-corrected chi connectivity index (χ0v) is 30.1. The summed E-state index contributed by atoms with van der Waals surface area (Å²) in [5.41, 5.74) is 4.73. The Morgan fingerprint density at radius 3 is 2.36 bits per heavy atom. The van der Waals surface area contributed by atoms with Gasteiger partial charge in [0.15, 0.2) is 9.84 Å². The summed E-state index contributed by atoms with van der Waals surface area (Å²) in [5.74, 6) is 3.96. The van der Waals surface area contributed by atoms with E-state index in [4.69, 9.17) is 0 Å². The van der Waals surface area contributed by atoms with Gasteiger partial charge in [-0.25, -0.2) is 8.42 Å². The van der Waals surface area contributed by atoms with Crippen molar-refractivity contribution < 1.29 is 12.8 Å². The van der Waals surface area contributed by atoms with Crippen molar-refractivity contribution in [1.29, 1.82) is 0 Å². The quantitative estimate of drug-likeness (QED) is 0.318. The molecule has 7 aliphatic rings. The van der Waals surface area contributed by atoms with Gasteiger partial charge in [-0.05, 0) is 139 Å². The summed E-state index contributed by atoms with van der Waals surface area (Å²) in [5, 5.41) is 4.18. The summed E-state index contributed by atoms with van der Waals surface area (Å²) in [4.78, 5) is 2.37. The van der Waals surface area contributed by atoms with Crippen LogP contribution in [0.4, 0.5) is 4.39 Å². The van der Waals surface area contributed by atoms with E-state index in [1.807, 2.05) is 0 Å². The second-order valence-electron chi connectivity index (χ2n) is 18.3. The lowest BCUT2D eigenvalue weighted by molar-refractivity contribution is -0.218. The van der Waals surface area contributed by atoms with Crippen molar-refractivity contribution in [2.24, 2.45) is 51.2 Å². The second kappa shape index (κ2) is 11.4. The molecule has 45 heavy (non-hydrogen) atoms. The summed E-state index contributed by atoms with van der Waals surface area (Å²) >= 11 is 0. The Bertz CT molecular complexity index is 1310. The fourth-order valence-electron chi connectivity index (χ4n) is 13.7. The van der Waals surface area contributed by atoms with Crippen molar-refractivity contribution in [1.82, 2.24) is 10.2 Å². The van der Waals surface area contributed by atoms with Crippen LogP contribution in [0, 0.1) is 51.2 Å². The summed E-state index contributed by atoms with van der Waals surface area (Å²) < 4.78 is 37.2. The van der Waals surface area contributed by atoms with Crippen LogP contribution >= 0.6 is 0 Å². The van der Waals surface area contributed by atoms with Gasteiger partial charge in [0, 0.05) is 31.7 Å². The number of nitrogens with zero attached hydrogens (tertiary/aromatic N) is 1. The molecule has 0 aromatic carbocycles. The maximum atomic E-state index is 13.4. The Hall–Kier alpha value is -0.720. The maximum Gasteiger partial charge on any atom is 0.152 e. The molecule has 0 aromatic rings. The Kier molecular flexibility index (Phi) is 8.33. The molecule has 0 aromatic heterocycles. The molecule has 4 nitrogen and oxygen atoms in total. The van der Waals surface area contributed by atoms with Gasteiger partial charge >= 0.3 is 0 Å². The molecule has 254 valence electrons. The first-order chi connectivity index (χ1) is 21.3. The number of nitrogens with one attached hydrogen (secondary N) is 1. The molecule has 4 saturated carbocycles. The molecular weight excluding hydrogens is 580 g/mol. The van der Waals surface area contributed by atoms with Crippen molar-refractivity contribution in [3.63, 3.8) is 0 Å². The van der Waals surface area contributed by atoms with Crippen molar-refractivity contribution in [2.45, 2.75) is 124 Å². The van der Waals surface area contributed by atoms with E-state index in [0.717, 1.165) is 50.1 Å². The topological polar surface area (TPSA) is 49.4 Å². The highest BCUT2D eigenvalue weighted by Gasteiger charge is 2.69. The van der Waals surface area contributed by atoms with Crippen LogP contribution in [0.25, 0.3) is 0 Å². The van der Waals surface area contributed by atoms with E-state index in [9.17, 15) is 12.8 Å². The van der Waals surface area contributed by atoms with Crippen molar-refractivity contribution in [3.05, 3.63) is 23.3 Å². The summed E-state index contributed by atoms with van der Waals surface area (Å²) in [6.45, 7) is 16.5. The van der Waals surface area contributed by atoms with Gasteiger partial charge in [-0.2, -0.15) is 0 Å². The zero-order chi connectivity index (χ0) is 31.9. The van der Waals surface area contributed by atoms with Crippen LogP contribution in [-0.2, 0) is 9.84 Å². The van der Waals surface area contributed by atoms with E-state index in [1.54, 1.807) is 11.1 Å². The number of sulfone groups is 1.